The van der Waals surface area contributed by atoms with Gasteiger partial charge in [-0.25, -0.2) is 0 Å². The van der Waals surface area contributed by atoms with Gasteiger partial charge in [-0.2, -0.15) is 0 Å². The number of hydrogen-bond acceptors (Lipinski definition) is 6. The van der Waals surface area contributed by atoms with Gasteiger partial charge in [0.05, 0.1) is 6.54 Å². The minimum absolute atomic E-state index is 0.188. The number of nitrogens with zero attached hydrogens (tertiary/aromatic N) is 5. The molecule has 2 saturated heterocycles. The molecule has 1 aromatic rings. The topological polar surface area (TPSA) is 65.7 Å². The molecule has 2 atom stereocenters. The van der Waals surface area contributed by atoms with E-state index in [9.17, 15) is 4.79 Å². The van der Waals surface area contributed by atoms with E-state index in [1.54, 1.807) is 6.92 Å². The van der Waals surface area contributed by atoms with E-state index in [1.165, 1.54) is 0 Å². The molecule has 2 fully saturated rings. The number of piperazine rings is 1. The standard InChI is InChI=1S/C15H25N5O2/c1-11-8-18(10-15-17-16-12(2)22-15)9-14(11)20-6-4-19(5-7-20)13(3)21/h11,14H,4-10H2,1-3H3/t11-,14-/m0/s1. The van der Waals surface area contributed by atoms with Crippen LogP contribution in [0.4, 0.5) is 0 Å². The van der Waals surface area contributed by atoms with Crippen LogP contribution in [0.5, 0.6) is 0 Å². The summed E-state index contributed by atoms with van der Waals surface area (Å²) < 4.78 is 5.48. The first-order valence-corrected chi connectivity index (χ1v) is 8.04. The second kappa shape index (κ2) is 6.34. The Hall–Kier alpha value is -1.47. The summed E-state index contributed by atoms with van der Waals surface area (Å²) in [4.78, 5) is 18.3. The van der Waals surface area contributed by atoms with Crippen molar-refractivity contribution in [3.8, 4) is 0 Å². The lowest BCUT2D eigenvalue weighted by atomic mass is 10.0. The summed E-state index contributed by atoms with van der Waals surface area (Å²) in [5.74, 6) is 2.13. The summed E-state index contributed by atoms with van der Waals surface area (Å²) in [6, 6.07) is 0.554. The fourth-order valence-electron chi connectivity index (χ4n) is 3.61. The Morgan fingerprint density at radius 2 is 1.95 bits per heavy atom. The molecule has 2 aliphatic heterocycles. The Balaban J connectivity index is 1.54. The maximum atomic E-state index is 11.4. The molecule has 2 aliphatic rings. The molecule has 0 unspecified atom stereocenters. The molecule has 7 nitrogen and oxygen atoms in total. The molecular weight excluding hydrogens is 282 g/mol. The number of amides is 1. The predicted octanol–water partition coefficient (Wildman–Crippen LogP) is 0.362. The molecule has 7 heteroatoms. The zero-order valence-electron chi connectivity index (χ0n) is 13.7. The first-order chi connectivity index (χ1) is 10.5. The average Bonchev–Trinajstić information content (AvgIpc) is 3.05. The first-order valence-electron chi connectivity index (χ1n) is 8.04. The van der Waals surface area contributed by atoms with Gasteiger partial charge < -0.3 is 9.32 Å². The van der Waals surface area contributed by atoms with E-state index < -0.39 is 0 Å². The maximum absolute atomic E-state index is 11.4. The van der Waals surface area contributed by atoms with Crippen LogP contribution in [0.15, 0.2) is 4.42 Å². The molecule has 0 spiro atoms. The second-order valence-corrected chi connectivity index (χ2v) is 6.50. The Morgan fingerprint density at radius 1 is 1.23 bits per heavy atom. The third kappa shape index (κ3) is 3.30. The molecule has 3 heterocycles. The monoisotopic (exact) mass is 307 g/mol. The van der Waals surface area contributed by atoms with Gasteiger partial charge in [-0.05, 0) is 5.92 Å². The fraction of sp³-hybridized carbons (Fsp3) is 0.800. The van der Waals surface area contributed by atoms with Gasteiger partial charge >= 0.3 is 0 Å². The smallest absolute Gasteiger partial charge is 0.230 e. The summed E-state index contributed by atoms with van der Waals surface area (Å²) in [5.41, 5.74) is 0. The van der Waals surface area contributed by atoms with Crippen LogP contribution in [0.25, 0.3) is 0 Å². The van der Waals surface area contributed by atoms with Crippen LogP contribution in [-0.2, 0) is 11.3 Å². The number of aryl methyl sites for hydroxylation is 1. The van der Waals surface area contributed by atoms with Crippen LogP contribution in [0, 0.1) is 12.8 Å². The molecule has 0 aliphatic carbocycles. The Labute approximate surface area is 131 Å². The van der Waals surface area contributed by atoms with Crippen LogP contribution in [-0.4, -0.2) is 76.1 Å². The van der Waals surface area contributed by atoms with Crippen LogP contribution >= 0.6 is 0 Å². The summed E-state index contributed by atoms with van der Waals surface area (Å²) in [5, 5.41) is 7.98. The van der Waals surface area contributed by atoms with Crippen molar-refractivity contribution in [1.29, 1.82) is 0 Å². The molecule has 1 aromatic heterocycles. The number of aromatic nitrogens is 2. The van der Waals surface area contributed by atoms with Gasteiger partial charge in [0.2, 0.25) is 17.7 Å². The van der Waals surface area contributed by atoms with Gasteiger partial charge in [-0.15, -0.1) is 10.2 Å². The van der Waals surface area contributed by atoms with Gasteiger partial charge in [-0.3, -0.25) is 14.6 Å². The molecular formula is C15H25N5O2. The van der Waals surface area contributed by atoms with E-state index in [0.29, 0.717) is 23.7 Å². The molecule has 1 amide bonds. The molecule has 22 heavy (non-hydrogen) atoms. The van der Waals surface area contributed by atoms with Crippen molar-refractivity contribution in [2.45, 2.75) is 33.4 Å². The highest BCUT2D eigenvalue weighted by atomic mass is 16.4. The van der Waals surface area contributed by atoms with E-state index in [4.69, 9.17) is 4.42 Å². The number of hydrogen-bond donors (Lipinski definition) is 0. The van der Waals surface area contributed by atoms with Gasteiger partial charge in [0.15, 0.2) is 0 Å². The lowest BCUT2D eigenvalue weighted by molar-refractivity contribution is -0.130. The Kier molecular flexibility index (Phi) is 4.44. The van der Waals surface area contributed by atoms with Crippen molar-refractivity contribution in [2.24, 2.45) is 5.92 Å². The van der Waals surface area contributed by atoms with E-state index in [2.05, 4.69) is 26.9 Å². The van der Waals surface area contributed by atoms with Crippen molar-refractivity contribution in [3.63, 3.8) is 0 Å². The second-order valence-electron chi connectivity index (χ2n) is 6.50. The summed E-state index contributed by atoms with van der Waals surface area (Å²) >= 11 is 0. The largest absolute Gasteiger partial charge is 0.424 e. The zero-order valence-corrected chi connectivity index (χ0v) is 13.7. The predicted molar refractivity (Wildman–Crippen MR) is 81.1 cm³/mol. The third-order valence-corrected chi connectivity index (χ3v) is 4.80. The maximum Gasteiger partial charge on any atom is 0.230 e. The van der Waals surface area contributed by atoms with Gasteiger partial charge in [-0.1, -0.05) is 6.92 Å². The first kappa shape index (κ1) is 15.4. The normalized spacial score (nSPS) is 27.5. The minimum Gasteiger partial charge on any atom is -0.424 e. The molecule has 122 valence electrons. The summed E-state index contributed by atoms with van der Waals surface area (Å²) in [6.45, 7) is 12.2. The minimum atomic E-state index is 0.188. The van der Waals surface area contributed by atoms with Crippen molar-refractivity contribution >= 4 is 5.91 Å². The lowest BCUT2D eigenvalue weighted by Gasteiger charge is -2.39. The lowest BCUT2D eigenvalue weighted by Crippen LogP contribution is -2.53. The van der Waals surface area contributed by atoms with Crippen LogP contribution in [0.2, 0.25) is 0 Å². The molecule has 0 N–H and O–H groups in total. The highest BCUT2D eigenvalue weighted by Gasteiger charge is 2.35. The van der Waals surface area contributed by atoms with Gasteiger partial charge in [0, 0.05) is 59.2 Å². The fourth-order valence-corrected chi connectivity index (χ4v) is 3.61. The van der Waals surface area contributed by atoms with Crippen molar-refractivity contribution < 1.29 is 9.21 Å². The number of carbonyl (C=O) groups excluding carboxylic acids is 1. The molecule has 3 rings (SSSR count). The van der Waals surface area contributed by atoms with Crippen LogP contribution in [0.1, 0.15) is 25.6 Å². The number of carbonyl (C=O) groups is 1. The molecule has 0 saturated carbocycles. The molecule has 0 radical (unpaired) electrons. The SMILES string of the molecule is CC(=O)N1CCN([C@H]2CN(Cc3nnc(C)o3)C[C@@H]2C)CC1. The molecule has 0 bridgehead atoms. The van der Waals surface area contributed by atoms with Crippen LogP contribution < -0.4 is 0 Å². The van der Waals surface area contributed by atoms with E-state index in [-0.39, 0.29) is 5.91 Å². The van der Waals surface area contributed by atoms with E-state index in [0.717, 1.165) is 45.8 Å². The van der Waals surface area contributed by atoms with Gasteiger partial charge in [0.1, 0.15) is 0 Å². The average molecular weight is 307 g/mol. The van der Waals surface area contributed by atoms with Crippen molar-refractivity contribution in [2.75, 3.05) is 39.3 Å². The van der Waals surface area contributed by atoms with E-state index >= 15 is 0 Å². The highest BCUT2D eigenvalue weighted by Crippen LogP contribution is 2.24. The summed E-state index contributed by atoms with van der Waals surface area (Å²) in [7, 11) is 0. The quantitative estimate of drug-likeness (QED) is 0.803. The van der Waals surface area contributed by atoms with Gasteiger partial charge in [0.25, 0.3) is 0 Å². The molecule has 0 aromatic carbocycles. The van der Waals surface area contributed by atoms with E-state index in [1.807, 2.05) is 11.8 Å². The number of rotatable bonds is 3. The zero-order chi connectivity index (χ0) is 15.7. The number of likely N-dealkylation sites (tertiary alicyclic amines) is 1. The van der Waals surface area contributed by atoms with Crippen molar-refractivity contribution in [1.82, 2.24) is 24.9 Å². The highest BCUT2D eigenvalue weighted by molar-refractivity contribution is 5.73. The van der Waals surface area contributed by atoms with Crippen molar-refractivity contribution in [3.05, 3.63) is 11.8 Å². The summed E-state index contributed by atoms with van der Waals surface area (Å²) in [6.07, 6.45) is 0. The van der Waals surface area contributed by atoms with Crippen LogP contribution in [0.3, 0.4) is 0 Å². The Bertz CT molecular complexity index is 524. The Morgan fingerprint density at radius 3 is 2.55 bits per heavy atom. The third-order valence-electron chi connectivity index (χ3n) is 4.80.